The van der Waals surface area contributed by atoms with E-state index < -0.39 is 5.82 Å². The van der Waals surface area contributed by atoms with Gasteiger partial charge in [0.25, 0.3) is 5.91 Å². The van der Waals surface area contributed by atoms with Crippen molar-refractivity contribution in [3.05, 3.63) is 42.8 Å². The van der Waals surface area contributed by atoms with E-state index in [0.717, 1.165) is 6.42 Å². The van der Waals surface area contributed by atoms with E-state index in [4.69, 9.17) is 14.1 Å². The molecule has 1 amide bonds. The maximum Gasteiger partial charge on any atom is 0.275 e. The van der Waals surface area contributed by atoms with Crippen molar-refractivity contribution in [3.8, 4) is 17.3 Å². The number of carbonyl (C=O) groups excluding carboxylic acids is 1. The molecule has 170 valence electrons. The van der Waals surface area contributed by atoms with Crippen LogP contribution in [0.5, 0.6) is 5.88 Å². The lowest BCUT2D eigenvalue weighted by atomic mass is 10.2. The predicted octanol–water partition coefficient (Wildman–Crippen LogP) is 2.37. The molecule has 1 N–H and O–H groups in total. The van der Waals surface area contributed by atoms with Crippen LogP contribution in [0.2, 0.25) is 0 Å². The van der Waals surface area contributed by atoms with Crippen LogP contribution in [0.15, 0.2) is 35.7 Å². The number of hydrogen-bond acceptors (Lipinski definition) is 9. The van der Waals surface area contributed by atoms with Crippen molar-refractivity contribution in [1.82, 2.24) is 34.4 Å². The molecule has 1 unspecified atom stereocenters. The monoisotopic (exact) mass is 452 g/mol. The molecule has 33 heavy (non-hydrogen) atoms. The first-order valence-corrected chi connectivity index (χ1v) is 10.4. The van der Waals surface area contributed by atoms with Crippen LogP contribution in [0, 0.1) is 5.82 Å². The molecule has 0 aliphatic carbocycles. The molecular weight excluding hydrogens is 431 g/mol. The number of ether oxygens (including phenoxy) is 1. The van der Waals surface area contributed by atoms with Gasteiger partial charge in [-0.15, -0.1) is 0 Å². The Kier molecular flexibility index (Phi) is 5.32. The molecule has 12 heteroatoms. The third-order valence-electron chi connectivity index (χ3n) is 5.57. The third-order valence-corrected chi connectivity index (χ3v) is 5.57. The van der Waals surface area contributed by atoms with Gasteiger partial charge in [-0.2, -0.15) is 0 Å². The second-order valence-corrected chi connectivity index (χ2v) is 7.54. The quantitative estimate of drug-likeness (QED) is 0.469. The van der Waals surface area contributed by atoms with E-state index in [1.54, 1.807) is 4.90 Å². The Morgan fingerprint density at radius 3 is 2.94 bits per heavy atom. The van der Waals surface area contributed by atoms with Gasteiger partial charge in [0.15, 0.2) is 34.9 Å². The van der Waals surface area contributed by atoms with Crippen LogP contribution >= 0.6 is 0 Å². The van der Waals surface area contributed by atoms with E-state index in [0.29, 0.717) is 48.0 Å². The summed E-state index contributed by atoms with van der Waals surface area (Å²) < 4.78 is 26.0. The van der Waals surface area contributed by atoms with Gasteiger partial charge in [0, 0.05) is 37.4 Å². The molecule has 0 bridgehead atoms. The minimum absolute atomic E-state index is 0.0192. The van der Waals surface area contributed by atoms with Gasteiger partial charge < -0.3 is 23.9 Å². The predicted molar refractivity (Wildman–Crippen MR) is 115 cm³/mol. The van der Waals surface area contributed by atoms with E-state index in [1.165, 1.54) is 38.4 Å². The molecule has 5 heterocycles. The van der Waals surface area contributed by atoms with Crippen molar-refractivity contribution >= 4 is 22.9 Å². The number of fused-ring (bicyclic) bond motifs is 1. The van der Waals surface area contributed by atoms with Crippen LogP contribution in [0.3, 0.4) is 0 Å². The van der Waals surface area contributed by atoms with Crippen molar-refractivity contribution in [1.29, 1.82) is 0 Å². The first-order valence-electron chi connectivity index (χ1n) is 10.4. The molecule has 0 spiro atoms. The fourth-order valence-corrected chi connectivity index (χ4v) is 4.00. The number of carbonyl (C=O) groups is 1. The number of amides is 1. The van der Waals surface area contributed by atoms with E-state index in [2.05, 4.69) is 25.3 Å². The molecule has 1 atom stereocenters. The Hall–Kier alpha value is -4.09. The van der Waals surface area contributed by atoms with Gasteiger partial charge in [-0.25, -0.2) is 29.3 Å². The number of oxazole rings is 1. The zero-order valence-electron chi connectivity index (χ0n) is 18.0. The Labute approximate surface area is 187 Å². The number of imidazole rings is 1. The summed E-state index contributed by atoms with van der Waals surface area (Å²) in [6, 6.07) is 1.32. The smallest absolute Gasteiger partial charge is 0.275 e. The van der Waals surface area contributed by atoms with Crippen molar-refractivity contribution < 1.29 is 18.3 Å². The fraction of sp³-hybridized carbons (Fsp3) is 0.333. The normalized spacial score (nSPS) is 15.8. The largest absolute Gasteiger partial charge is 0.479 e. The van der Waals surface area contributed by atoms with Gasteiger partial charge in [-0.05, 0) is 19.4 Å². The molecule has 0 saturated carbocycles. The van der Waals surface area contributed by atoms with Crippen molar-refractivity contribution in [2.75, 3.05) is 25.5 Å². The van der Waals surface area contributed by atoms with E-state index in [9.17, 15) is 9.18 Å². The van der Waals surface area contributed by atoms with E-state index >= 15 is 0 Å². The molecule has 0 aromatic carbocycles. The lowest BCUT2D eigenvalue weighted by Crippen LogP contribution is -2.32. The molecule has 11 nitrogen and oxygen atoms in total. The number of methoxy groups -OCH3 is 1. The number of rotatable bonds is 6. The molecule has 1 fully saturated rings. The minimum atomic E-state index is -0.572. The molecule has 0 radical (unpaired) electrons. The number of likely N-dealkylation sites (tertiary alicyclic amines) is 1. The summed E-state index contributed by atoms with van der Waals surface area (Å²) in [6.07, 6.45) is 6.29. The van der Waals surface area contributed by atoms with Crippen LogP contribution in [0.1, 0.15) is 23.8 Å². The highest BCUT2D eigenvalue weighted by molar-refractivity contribution is 5.92. The summed E-state index contributed by atoms with van der Waals surface area (Å²) in [5.74, 6) is 0.255. The highest BCUT2D eigenvalue weighted by Crippen LogP contribution is 2.29. The summed E-state index contributed by atoms with van der Waals surface area (Å²) in [7, 11) is 1.36. The number of halogens is 1. The summed E-state index contributed by atoms with van der Waals surface area (Å²) in [4.78, 5) is 35.7. The average molecular weight is 452 g/mol. The standard InChI is InChI=1S/C21H21FN8O3/c1-3-30-18(12-6-14(22)20(32-2)23-7-12)28-16-17(24-10-25-19(16)30)27-13-4-5-29(8-13)21(31)15-9-33-11-26-15/h6-7,9-11,13H,3-5,8H2,1-2H3,(H,24,25,27). The van der Waals surface area contributed by atoms with Gasteiger partial charge in [-0.3, -0.25) is 4.79 Å². The lowest BCUT2D eigenvalue weighted by Gasteiger charge is -2.16. The number of aryl methyl sites for hydroxylation is 1. The first kappa shape index (κ1) is 20.8. The fourth-order valence-electron chi connectivity index (χ4n) is 4.00. The van der Waals surface area contributed by atoms with Gasteiger partial charge >= 0.3 is 0 Å². The molecule has 1 aliphatic heterocycles. The van der Waals surface area contributed by atoms with E-state index in [1.807, 2.05) is 11.5 Å². The second-order valence-electron chi connectivity index (χ2n) is 7.54. The van der Waals surface area contributed by atoms with Crippen molar-refractivity contribution in [2.24, 2.45) is 0 Å². The average Bonchev–Trinajstić information content (AvgIpc) is 3.58. The lowest BCUT2D eigenvalue weighted by molar-refractivity contribution is 0.0786. The molecule has 5 rings (SSSR count). The minimum Gasteiger partial charge on any atom is -0.479 e. The Bertz CT molecular complexity index is 1310. The van der Waals surface area contributed by atoms with Crippen LogP contribution in [0.25, 0.3) is 22.6 Å². The van der Waals surface area contributed by atoms with Gasteiger partial charge in [0.2, 0.25) is 5.88 Å². The SMILES string of the molecule is CCn1c(-c2cnc(OC)c(F)c2)nc2c(NC3CCN(C(=O)c4cocn4)C3)ncnc21. The molecular formula is C21H21FN8O3. The van der Waals surface area contributed by atoms with Gasteiger partial charge in [0.05, 0.1) is 7.11 Å². The highest BCUT2D eigenvalue weighted by atomic mass is 19.1. The zero-order chi connectivity index (χ0) is 22.9. The Morgan fingerprint density at radius 1 is 1.33 bits per heavy atom. The molecule has 1 saturated heterocycles. The van der Waals surface area contributed by atoms with E-state index in [-0.39, 0.29) is 23.5 Å². The number of anilines is 1. The third kappa shape index (κ3) is 3.73. The zero-order valence-corrected chi connectivity index (χ0v) is 18.0. The van der Waals surface area contributed by atoms with Crippen LogP contribution in [-0.2, 0) is 6.54 Å². The first-order chi connectivity index (χ1) is 16.1. The molecule has 4 aromatic heterocycles. The van der Waals surface area contributed by atoms with Crippen molar-refractivity contribution in [2.45, 2.75) is 25.9 Å². The number of nitrogens with one attached hydrogen (secondary N) is 1. The molecule has 4 aromatic rings. The van der Waals surface area contributed by atoms with Gasteiger partial charge in [-0.1, -0.05) is 0 Å². The topological polar surface area (TPSA) is 124 Å². The summed E-state index contributed by atoms with van der Waals surface area (Å²) in [5, 5.41) is 3.39. The maximum absolute atomic E-state index is 14.3. The number of nitrogens with zero attached hydrogens (tertiary/aromatic N) is 7. The van der Waals surface area contributed by atoms with Crippen LogP contribution in [-0.4, -0.2) is 66.5 Å². The Morgan fingerprint density at radius 2 is 2.21 bits per heavy atom. The maximum atomic E-state index is 14.3. The summed E-state index contributed by atoms with van der Waals surface area (Å²) >= 11 is 0. The van der Waals surface area contributed by atoms with Crippen LogP contribution in [0.4, 0.5) is 10.2 Å². The number of hydrogen-bond donors (Lipinski definition) is 1. The highest BCUT2D eigenvalue weighted by Gasteiger charge is 2.29. The van der Waals surface area contributed by atoms with Crippen molar-refractivity contribution in [3.63, 3.8) is 0 Å². The second kappa shape index (κ2) is 8.45. The van der Waals surface area contributed by atoms with Crippen LogP contribution < -0.4 is 10.1 Å². The number of aromatic nitrogens is 6. The summed E-state index contributed by atoms with van der Waals surface area (Å²) in [6.45, 7) is 3.60. The Balaban J connectivity index is 1.43. The molecule has 1 aliphatic rings. The number of pyridine rings is 1. The summed E-state index contributed by atoms with van der Waals surface area (Å²) in [5.41, 5.74) is 1.97. The van der Waals surface area contributed by atoms with Gasteiger partial charge in [0.1, 0.15) is 18.4 Å².